The first-order valence-corrected chi connectivity index (χ1v) is 5.07. The number of hydrogen-bond donors (Lipinski definition) is 1. The summed E-state index contributed by atoms with van der Waals surface area (Å²) >= 11 is 0. The minimum atomic E-state index is 0.158. The highest BCUT2D eigenvalue weighted by Crippen LogP contribution is 2.19. The summed E-state index contributed by atoms with van der Waals surface area (Å²) in [6, 6.07) is 4.17. The highest BCUT2D eigenvalue weighted by atomic mass is 16.3. The molecule has 2 nitrogen and oxygen atoms in total. The van der Waals surface area contributed by atoms with Gasteiger partial charge in [-0.1, -0.05) is 13.8 Å². The van der Waals surface area contributed by atoms with Crippen LogP contribution in [0.3, 0.4) is 0 Å². The summed E-state index contributed by atoms with van der Waals surface area (Å²) < 4.78 is 5.64. The number of hydrogen-bond acceptors (Lipinski definition) is 2. The minimum Gasteiger partial charge on any atom is -0.464 e. The second-order valence-corrected chi connectivity index (χ2v) is 3.18. The zero-order chi connectivity index (χ0) is 10.4. The van der Waals surface area contributed by atoms with E-state index < -0.39 is 0 Å². The molecule has 1 unspecified atom stereocenters. The smallest absolute Gasteiger partial charge is 0.122 e. The van der Waals surface area contributed by atoms with Crippen molar-refractivity contribution < 1.29 is 4.42 Å². The molecule has 0 spiro atoms. The fraction of sp³-hybridized carbons (Fsp3) is 0.500. The van der Waals surface area contributed by atoms with Crippen LogP contribution in [0, 0.1) is 12.3 Å². The van der Waals surface area contributed by atoms with E-state index in [0.29, 0.717) is 6.42 Å². The molecule has 76 valence electrons. The van der Waals surface area contributed by atoms with Gasteiger partial charge in [0.25, 0.3) is 0 Å². The van der Waals surface area contributed by atoms with E-state index >= 15 is 0 Å². The third kappa shape index (κ3) is 2.65. The highest BCUT2D eigenvalue weighted by Gasteiger charge is 2.12. The maximum atomic E-state index is 5.64. The SMILES string of the molecule is C#CCC(NCC)c1ccc(CC)o1. The van der Waals surface area contributed by atoms with E-state index in [1.165, 1.54) is 0 Å². The number of rotatable bonds is 5. The second kappa shape index (κ2) is 5.51. The Morgan fingerprint density at radius 1 is 1.50 bits per heavy atom. The van der Waals surface area contributed by atoms with Crippen molar-refractivity contribution in [2.45, 2.75) is 32.7 Å². The summed E-state index contributed by atoms with van der Waals surface area (Å²) in [4.78, 5) is 0. The van der Waals surface area contributed by atoms with E-state index in [0.717, 1.165) is 24.5 Å². The van der Waals surface area contributed by atoms with Crippen molar-refractivity contribution in [2.24, 2.45) is 0 Å². The van der Waals surface area contributed by atoms with Crippen molar-refractivity contribution in [2.75, 3.05) is 6.54 Å². The lowest BCUT2D eigenvalue weighted by Crippen LogP contribution is -2.19. The van der Waals surface area contributed by atoms with E-state index in [4.69, 9.17) is 10.8 Å². The van der Waals surface area contributed by atoms with Gasteiger partial charge in [-0.2, -0.15) is 0 Å². The van der Waals surface area contributed by atoms with E-state index in [-0.39, 0.29) is 6.04 Å². The molecule has 1 heterocycles. The van der Waals surface area contributed by atoms with Crippen LogP contribution < -0.4 is 5.32 Å². The van der Waals surface area contributed by atoms with Crippen LogP contribution in [-0.4, -0.2) is 6.54 Å². The Morgan fingerprint density at radius 3 is 2.79 bits per heavy atom. The van der Waals surface area contributed by atoms with E-state index in [1.54, 1.807) is 0 Å². The summed E-state index contributed by atoms with van der Waals surface area (Å²) in [5.41, 5.74) is 0. The largest absolute Gasteiger partial charge is 0.464 e. The van der Waals surface area contributed by atoms with Crippen molar-refractivity contribution in [1.29, 1.82) is 0 Å². The molecule has 0 aliphatic heterocycles. The van der Waals surface area contributed by atoms with E-state index in [9.17, 15) is 0 Å². The molecule has 1 aromatic rings. The number of aryl methyl sites for hydroxylation is 1. The molecule has 0 radical (unpaired) electrons. The number of furan rings is 1. The standard InChI is InChI=1S/C12H17NO/c1-4-7-11(13-6-3)12-9-8-10(5-2)14-12/h1,8-9,11,13H,5-7H2,2-3H3. The van der Waals surface area contributed by atoms with Crippen molar-refractivity contribution in [1.82, 2.24) is 5.32 Å². The third-order valence-electron chi connectivity index (χ3n) is 2.15. The van der Waals surface area contributed by atoms with Gasteiger partial charge in [-0.05, 0) is 18.7 Å². The predicted octanol–water partition coefficient (Wildman–Crippen LogP) is 2.52. The Labute approximate surface area is 85.7 Å². The average molecular weight is 191 g/mol. The molecule has 0 aromatic carbocycles. The Morgan fingerprint density at radius 2 is 2.29 bits per heavy atom. The van der Waals surface area contributed by atoms with Crippen molar-refractivity contribution in [3.63, 3.8) is 0 Å². The molecule has 1 atom stereocenters. The molecular weight excluding hydrogens is 174 g/mol. The molecule has 2 heteroatoms. The van der Waals surface area contributed by atoms with E-state index in [2.05, 4.69) is 25.1 Å². The summed E-state index contributed by atoms with van der Waals surface area (Å²) in [6.45, 7) is 5.04. The Kier molecular flexibility index (Phi) is 4.28. The van der Waals surface area contributed by atoms with Gasteiger partial charge >= 0.3 is 0 Å². The molecule has 0 amide bonds. The van der Waals surface area contributed by atoms with Gasteiger partial charge in [-0.15, -0.1) is 12.3 Å². The monoisotopic (exact) mass is 191 g/mol. The Balaban J connectivity index is 2.72. The Bertz CT molecular complexity index is 308. The summed E-state index contributed by atoms with van der Waals surface area (Å²) in [7, 11) is 0. The van der Waals surface area contributed by atoms with Gasteiger partial charge in [0.2, 0.25) is 0 Å². The lowest BCUT2D eigenvalue weighted by atomic mass is 10.1. The van der Waals surface area contributed by atoms with Crippen LogP contribution in [0.1, 0.15) is 37.8 Å². The number of terminal acetylenes is 1. The first kappa shape index (κ1) is 10.9. The maximum absolute atomic E-state index is 5.64. The molecule has 0 fully saturated rings. The topological polar surface area (TPSA) is 25.2 Å². The van der Waals surface area contributed by atoms with Crippen molar-refractivity contribution in [3.8, 4) is 12.3 Å². The summed E-state index contributed by atoms with van der Waals surface area (Å²) in [5.74, 6) is 4.62. The highest BCUT2D eigenvalue weighted by molar-refractivity contribution is 5.12. The number of nitrogens with one attached hydrogen (secondary N) is 1. The van der Waals surface area contributed by atoms with Gasteiger partial charge in [0.1, 0.15) is 11.5 Å². The van der Waals surface area contributed by atoms with Gasteiger partial charge in [-0.3, -0.25) is 0 Å². The van der Waals surface area contributed by atoms with Crippen molar-refractivity contribution in [3.05, 3.63) is 23.7 Å². The molecule has 0 aliphatic rings. The molecular formula is C12H17NO. The molecule has 1 rings (SSSR count). The quantitative estimate of drug-likeness (QED) is 0.723. The fourth-order valence-corrected chi connectivity index (χ4v) is 1.41. The van der Waals surface area contributed by atoms with Crippen LogP contribution >= 0.6 is 0 Å². The van der Waals surface area contributed by atoms with Crippen LogP contribution in [0.25, 0.3) is 0 Å². The lowest BCUT2D eigenvalue weighted by molar-refractivity contribution is 0.402. The van der Waals surface area contributed by atoms with Crippen LogP contribution in [0.15, 0.2) is 16.5 Å². The van der Waals surface area contributed by atoms with E-state index in [1.807, 2.05) is 12.1 Å². The second-order valence-electron chi connectivity index (χ2n) is 3.18. The van der Waals surface area contributed by atoms with Gasteiger partial charge in [-0.25, -0.2) is 0 Å². The first-order valence-electron chi connectivity index (χ1n) is 5.07. The van der Waals surface area contributed by atoms with Crippen LogP contribution in [0.5, 0.6) is 0 Å². The Hall–Kier alpha value is -1.20. The average Bonchev–Trinajstić information content (AvgIpc) is 2.65. The van der Waals surface area contributed by atoms with Gasteiger partial charge in [0.15, 0.2) is 0 Å². The molecule has 0 saturated carbocycles. The molecule has 0 bridgehead atoms. The summed E-state index contributed by atoms with van der Waals surface area (Å²) in [6.07, 6.45) is 6.90. The van der Waals surface area contributed by atoms with Crippen LogP contribution in [0.4, 0.5) is 0 Å². The third-order valence-corrected chi connectivity index (χ3v) is 2.15. The summed E-state index contributed by atoms with van der Waals surface area (Å²) in [5, 5.41) is 3.30. The normalized spacial score (nSPS) is 12.4. The molecule has 1 aromatic heterocycles. The predicted molar refractivity (Wildman–Crippen MR) is 58.0 cm³/mol. The van der Waals surface area contributed by atoms with Gasteiger partial charge in [0.05, 0.1) is 6.04 Å². The molecule has 0 aliphatic carbocycles. The van der Waals surface area contributed by atoms with Gasteiger partial charge < -0.3 is 9.73 Å². The zero-order valence-electron chi connectivity index (χ0n) is 8.84. The van der Waals surface area contributed by atoms with Crippen LogP contribution in [0.2, 0.25) is 0 Å². The molecule has 0 saturated heterocycles. The zero-order valence-corrected chi connectivity index (χ0v) is 8.84. The molecule has 1 N–H and O–H groups in total. The fourth-order valence-electron chi connectivity index (χ4n) is 1.41. The van der Waals surface area contributed by atoms with Crippen molar-refractivity contribution >= 4 is 0 Å². The van der Waals surface area contributed by atoms with Crippen LogP contribution in [-0.2, 0) is 6.42 Å². The molecule has 14 heavy (non-hydrogen) atoms. The lowest BCUT2D eigenvalue weighted by Gasteiger charge is -2.11. The maximum Gasteiger partial charge on any atom is 0.122 e. The van der Waals surface area contributed by atoms with Gasteiger partial charge in [0, 0.05) is 12.8 Å². The first-order chi connectivity index (χ1) is 6.81. The minimum absolute atomic E-state index is 0.158.